The maximum atomic E-state index is 13.6. The van der Waals surface area contributed by atoms with Crippen LogP contribution in [0.1, 0.15) is 30.5 Å². The standard InChI is InChI=1S/C33H34ClN3O3/c1-2-28-30(32(38)36-27-14-12-25(34)13-15-27)29-16-17-33(28,40-29)31(35-26-6-4-3-5-7-26)24-10-8-23(9-11-24)22-37-18-20-39-21-19-37/h3-17,29,31,35H,2,18-22H2,1H3,(H,36,38). The highest BCUT2D eigenvalue weighted by atomic mass is 35.5. The fourth-order valence-electron chi connectivity index (χ4n) is 6.00. The van der Waals surface area contributed by atoms with E-state index >= 15 is 0 Å². The maximum absolute atomic E-state index is 13.6. The SMILES string of the molecule is CCC1=C(C(=O)Nc2ccc(Cl)cc2)C2C=CC1(C(Nc1ccccc1)c1ccc(CN3CCOCC3)cc1)O2. The molecule has 2 bridgehead atoms. The van der Waals surface area contributed by atoms with Crippen molar-refractivity contribution in [1.82, 2.24) is 4.90 Å². The van der Waals surface area contributed by atoms with Gasteiger partial charge in [-0.3, -0.25) is 9.69 Å². The second kappa shape index (κ2) is 11.6. The van der Waals surface area contributed by atoms with E-state index in [2.05, 4.69) is 64.9 Å². The summed E-state index contributed by atoms with van der Waals surface area (Å²) >= 11 is 6.04. The van der Waals surface area contributed by atoms with Crippen LogP contribution in [0, 0.1) is 0 Å². The highest BCUT2D eigenvalue weighted by molar-refractivity contribution is 6.30. The topological polar surface area (TPSA) is 62.8 Å². The highest BCUT2D eigenvalue weighted by Crippen LogP contribution is 2.52. The van der Waals surface area contributed by atoms with Gasteiger partial charge in [0.1, 0.15) is 11.7 Å². The largest absolute Gasteiger partial charge is 0.379 e. The molecule has 40 heavy (non-hydrogen) atoms. The average molecular weight is 556 g/mol. The molecule has 0 aliphatic carbocycles. The molecule has 3 heterocycles. The van der Waals surface area contributed by atoms with Gasteiger partial charge in [0.05, 0.1) is 24.8 Å². The van der Waals surface area contributed by atoms with Crippen molar-refractivity contribution in [3.05, 3.63) is 118 Å². The van der Waals surface area contributed by atoms with Crippen LogP contribution < -0.4 is 10.6 Å². The molecule has 206 valence electrons. The molecule has 1 saturated heterocycles. The Morgan fingerprint density at radius 1 is 1.00 bits per heavy atom. The van der Waals surface area contributed by atoms with Crippen LogP contribution in [0.2, 0.25) is 5.02 Å². The van der Waals surface area contributed by atoms with Crippen molar-refractivity contribution in [3.8, 4) is 0 Å². The number of nitrogens with one attached hydrogen (secondary N) is 2. The van der Waals surface area contributed by atoms with Gasteiger partial charge in [0, 0.05) is 36.0 Å². The lowest BCUT2D eigenvalue weighted by atomic mass is 9.77. The summed E-state index contributed by atoms with van der Waals surface area (Å²) in [6.45, 7) is 6.47. The van der Waals surface area contributed by atoms with Crippen molar-refractivity contribution >= 4 is 28.9 Å². The third-order valence-corrected chi connectivity index (χ3v) is 8.21. The number of nitrogens with zero attached hydrogens (tertiary/aromatic N) is 1. The fourth-order valence-corrected chi connectivity index (χ4v) is 6.13. The number of anilines is 2. The van der Waals surface area contributed by atoms with Crippen molar-refractivity contribution in [2.75, 3.05) is 36.9 Å². The lowest BCUT2D eigenvalue weighted by molar-refractivity contribution is -0.113. The molecule has 0 saturated carbocycles. The van der Waals surface area contributed by atoms with Gasteiger partial charge in [0.2, 0.25) is 0 Å². The summed E-state index contributed by atoms with van der Waals surface area (Å²) in [4.78, 5) is 16.0. The third-order valence-electron chi connectivity index (χ3n) is 7.96. The predicted octanol–water partition coefficient (Wildman–Crippen LogP) is 6.38. The van der Waals surface area contributed by atoms with E-state index in [9.17, 15) is 4.79 Å². The van der Waals surface area contributed by atoms with Crippen molar-refractivity contribution in [1.29, 1.82) is 0 Å². The second-order valence-electron chi connectivity index (χ2n) is 10.5. The van der Waals surface area contributed by atoms with Crippen LogP contribution in [-0.2, 0) is 20.8 Å². The summed E-state index contributed by atoms with van der Waals surface area (Å²) in [5.41, 5.74) is 4.96. The molecular weight excluding hydrogens is 522 g/mol. The number of benzene rings is 3. The van der Waals surface area contributed by atoms with E-state index in [0.717, 1.165) is 49.7 Å². The number of rotatable bonds is 9. The first-order valence-corrected chi connectivity index (χ1v) is 14.3. The molecule has 0 spiro atoms. The van der Waals surface area contributed by atoms with Crippen LogP contribution in [0.3, 0.4) is 0 Å². The molecule has 3 atom stereocenters. The minimum Gasteiger partial charge on any atom is -0.379 e. The Morgan fingerprint density at radius 2 is 1.73 bits per heavy atom. The van der Waals surface area contributed by atoms with E-state index in [0.29, 0.717) is 22.7 Å². The zero-order chi connectivity index (χ0) is 27.5. The predicted molar refractivity (Wildman–Crippen MR) is 159 cm³/mol. The van der Waals surface area contributed by atoms with Gasteiger partial charge >= 0.3 is 0 Å². The smallest absolute Gasteiger partial charge is 0.254 e. The summed E-state index contributed by atoms with van der Waals surface area (Å²) in [6.07, 6.45) is 4.44. The van der Waals surface area contributed by atoms with Gasteiger partial charge < -0.3 is 20.1 Å². The first-order valence-electron chi connectivity index (χ1n) is 13.9. The number of fused-ring (bicyclic) bond motifs is 2. The van der Waals surface area contributed by atoms with Crippen molar-refractivity contribution in [2.24, 2.45) is 0 Å². The number of ether oxygens (including phenoxy) is 2. The zero-order valence-corrected chi connectivity index (χ0v) is 23.4. The quantitative estimate of drug-likeness (QED) is 0.300. The molecule has 0 aromatic heterocycles. The summed E-state index contributed by atoms with van der Waals surface area (Å²) in [6, 6.07) is 25.9. The molecule has 6 nitrogen and oxygen atoms in total. The van der Waals surface area contributed by atoms with Crippen LogP contribution >= 0.6 is 11.6 Å². The number of para-hydroxylation sites is 1. The average Bonchev–Trinajstić information content (AvgIpc) is 3.56. The van der Waals surface area contributed by atoms with Crippen molar-refractivity contribution < 1.29 is 14.3 Å². The number of hydrogen-bond acceptors (Lipinski definition) is 5. The van der Waals surface area contributed by atoms with Crippen LogP contribution in [0.25, 0.3) is 0 Å². The number of hydrogen-bond donors (Lipinski definition) is 2. The van der Waals surface area contributed by atoms with Gasteiger partial charge in [-0.1, -0.05) is 67.1 Å². The summed E-state index contributed by atoms with van der Waals surface area (Å²) < 4.78 is 12.2. The third kappa shape index (κ3) is 5.32. The Labute approximate surface area is 240 Å². The van der Waals surface area contributed by atoms with E-state index in [1.807, 2.05) is 36.4 Å². The van der Waals surface area contributed by atoms with Gasteiger partial charge in [0.15, 0.2) is 0 Å². The van der Waals surface area contributed by atoms with Gasteiger partial charge in [-0.25, -0.2) is 0 Å². The van der Waals surface area contributed by atoms with E-state index in [1.54, 1.807) is 12.1 Å². The number of amides is 1. The van der Waals surface area contributed by atoms with Crippen LogP contribution in [0.5, 0.6) is 0 Å². The van der Waals surface area contributed by atoms with E-state index in [4.69, 9.17) is 21.1 Å². The number of halogens is 1. The molecule has 6 rings (SSSR count). The number of carbonyl (C=O) groups is 1. The lowest BCUT2D eigenvalue weighted by Crippen LogP contribution is -2.40. The second-order valence-corrected chi connectivity index (χ2v) is 10.9. The fraction of sp³-hybridized carbons (Fsp3) is 0.303. The molecule has 3 aliphatic heterocycles. The Balaban J connectivity index is 1.33. The Kier molecular flexibility index (Phi) is 7.76. The minimum absolute atomic E-state index is 0.144. The molecule has 3 aliphatic rings. The highest BCUT2D eigenvalue weighted by Gasteiger charge is 2.54. The first-order chi connectivity index (χ1) is 19.6. The normalized spacial score (nSPS) is 22.9. The Morgan fingerprint density at radius 3 is 2.42 bits per heavy atom. The number of carbonyl (C=O) groups excluding carboxylic acids is 1. The van der Waals surface area contributed by atoms with Gasteiger partial charge in [-0.05, 0) is 65.6 Å². The molecule has 2 N–H and O–H groups in total. The van der Waals surface area contributed by atoms with E-state index in [-0.39, 0.29) is 11.9 Å². The molecule has 3 aromatic rings. The first kappa shape index (κ1) is 26.8. The molecule has 0 radical (unpaired) electrons. The van der Waals surface area contributed by atoms with Crippen LogP contribution in [0.4, 0.5) is 11.4 Å². The summed E-state index contributed by atoms with van der Waals surface area (Å²) in [5.74, 6) is -0.144. The summed E-state index contributed by atoms with van der Waals surface area (Å²) in [7, 11) is 0. The minimum atomic E-state index is -0.784. The maximum Gasteiger partial charge on any atom is 0.254 e. The van der Waals surface area contributed by atoms with Crippen LogP contribution in [-0.4, -0.2) is 48.8 Å². The summed E-state index contributed by atoms with van der Waals surface area (Å²) in [5, 5.41) is 7.43. The molecule has 3 aromatic carbocycles. The van der Waals surface area contributed by atoms with E-state index in [1.165, 1.54) is 5.56 Å². The Bertz CT molecular complexity index is 1400. The molecule has 1 amide bonds. The van der Waals surface area contributed by atoms with E-state index < -0.39 is 11.7 Å². The Hall–Kier alpha value is -3.42. The molecule has 7 heteroatoms. The van der Waals surface area contributed by atoms with Gasteiger partial charge in [0.25, 0.3) is 5.91 Å². The monoisotopic (exact) mass is 555 g/mol. The number of morpholine rings is 1. The van der Waals surface area contributed by atoms with Crippen LogP contribution in [0.15, 0.2) is 102 Å². The molecule has 3 unspecified atom stereocenters. The van der Waals surface area contributed by atoms with Crippen molar-refractivity contribution in [2.45, 2.75) is 37.6 Å². The van der Waals surface area contributed by atoms with Gasteiger partial charge in [-0.15, -0.1) is 0 Å². The molecule has 1 fully saturated rings. The molecular formula is C33H34ClN3O3. The lowest BCUT2D eigenvalue weighted by Gasteiger charge is -2.37. The zero-order valence-electron chi connectivity index (χ0n) is 22.6. The van der Waals surface area contributed by atoms with Gasteiger partial charge in [-0.2, -0.15) is 0 Å². The van der Waals surface area contributed by atoms with Crippen molar-refractivity contribution in [3.63, 3.8) is 0 Å².